The molecule has 16 heavy (non-hydrogen) atoms. The number of phenolic OH excluding ortho intramolecular Hbond substituents is 1. The molecule has 82 valence electrons. The van der Waals surface area contributed by atoms with Gasteiger partial charge < -0.3 is 5.11 Å². The average molecular weight is 302 g/mol. The van der Waals surface area contributed by atoms with E-state index in [4.69, 9.17) is 11.6 Å². The average Bonchev–Trinajstić information content (AvgIpc) is 2.27. The molecule has 0 fully saturated rings. The van der Waals surface area contributed by atoms with Gasteiger partial charge in [-0.25, -0.2) is 4.39 Å². The van der Waals surface area contributed by atoms with Gasteiger partial charge in [-0.3, -0.25) is 0 Å². The highest BCUT2D eigenvalue weighted by Gasteiger charge is 2.15. The zero-order chi connectivity index (χ0) is 11.7. The van der Waals surface area contributed by atoms with Crippen LogP contribution in [0.25, 0.3) is 11.1 Å². The van der Waals surface area contributed by atoms with E-state index < -0.39 is 5.82 Å². The summed E-state index contributed by atoms with van der Waals surface area (Å²) in [7, 11) is 0. The number of hydrogen-bond acceptors (Lipinski definition) is 1. The Balaban J connectivity index is 2.74. The molecule has 0 spiro atoms. The summed E-state index contributed by atoms with van der Waals surface area (Å²) in [6.07, 6.45) is 0. The van der Waals surface area contributed by atoms with Gasteiger partial charge >= 0.3 is 0 Å². The Morgan fingerprint density at radius 1 is 1.12 bits per heavy atom. The Labute approximate surface area is 106 Å². The van der Waals surface area contributed by atoms with Crippen LogP contribution in [-0.4, -0.2) is 5.11 Å². The molecule has 1 N–H and O–H groups in total. The van der Waals surface area contributed by atoms with Crippen molar-refractivity contribution in [1.82, 2.24) is 0 Å². The van der Waals surface area contributed by atoms with E-state index in [1.165, 1.54) is 12.1 Å². The number of benzene rings is 2. The van der Waals surface area contributed by atoms with Crippen LogP contribution >= 0.6 is 27.5 Å². The van der Waals surface area contributed by atoms with Crippen LogP contribution in [-0.2, 0) is 0 Å². The highest BCUT2D eigenvalue weighted by Crippen LogP contribution is 2.38. The van der Waals surface area contributed by atoms with E-state index in [2.05, 4.69) is 15.9 Å². The predicted octanol–water partition coefficient (Wildman–Crippen LogP) is 4.61. The minimum absolute atomic E-state index is 0.0179. The van der Waals surface area contributed by atoms with Crippen molar-refractivity contribution in [3.8, 4) is 16.9 Å². The largest absolute Gasteiger partial charge is 0.507 e. The monoisotopic (exact) mass is 300 g/mol. The summed E-state index contributed by atoms with van der Waals surface area (Å²) < 4.78 is 14.4. The minimum atomic E-state index is -0.544. The molecular formula is C12H7BrClFO. The van der Waals surface area contributed by atoms with Crippen LogP contribution in [0, 0.1) is 5.82 Å². The Kier molecular flexibility index (Phi) is 3.17. The van der Waals surface area contributed by atoms with E-state index in [1.54, 1.807) is 24.3 Å². The van der Waals surface area contributed by atoms with Crippen molar-refractivity contribution in [2.75, 3.05) is 0 Å². The highest BCUT2D eigenvalue weighted by molar-refractivity contribution is 9.10. The molecule has 0 unspecified atom stereocenters. The van der Waals surface area contributed by atoms with E-state index in [9.17, 15) is 9.50 Å². The first-order valence-corrected chi connectivity index (χ1v) is 5.70. The lowest BCUT2D eigenvalue weighted by Gasteiger charge is -2.09. The standard InChI is InChI=1S/C12H7BrClFO/c13-8-5-6-9(14)12(15)11(8)7-3-1-2-4-10(7)16/h1-6,16H. The molecular weight excluding hydrogens is 294 g/mol. The van der Waals surface area contributed by atoms with Gasteiger partial charge in [0.25, 0.3) is 0 Å². The van der Waals surface area contributed by atoms with Crippen LogP contribution in [0.2, 0.25) is 5.02 Å². The second-order valence-electron chi connectivity index (χ2n) is 3.24. The molecule has 2 aromatic rings. The zero-order valence-corrected chi connectivity index (χ0v) is 10.4. The predicted molar refractivity (Wildman–Crippen MR) is 66.2 cm³/mol. The normalized spacial score (nSPS) is 10.4. The van der Waals surface area contributed by atoms with E-state index in [0.29, 0.717) is 10.0 Å². The van der Waals surface area contributed by atoms with Gasteiger partial charge in [-0.2, -0.15) is 0 Å². The van der Waals surface area contributed by atoms with Crippen molar-refractivity contribution >= 4 is 27.5 Å². The quantitative estimate of drug-likeness (QED) is 0.762. The van der Waals surface area contributed by atoms with E-state index in [1.807, 2.05) is 0 Å². The third-order valence-corrected chi connectivity index (χ3v) is 3.17. The molecule has 0 radical (unpaired) electrons. The van der Waals surface area contributed by atoms with Crippen molar-refractivity contribution in [1.29, 1.82) is 0 Å². The topological polar surface area (TPSA) is 20.2 Å². The van der Waals surface area contributed by atoms with E-state index in [-0.39, 0.29) is 16.3 Å². The lowest BCUT2D eigenvalue weighted by molar-refractivity contribution is 0.476. The molecule has 0 amide bonds. The maximum absolute atomic E-state index is 13.9. The molecule has 0 heterocycles. The van der Waals surface area contributed by atoms with E-state index in [0.717, 1.165) is 0 Å². The van der Waals surface area contributed by atoms with Gasteiger partial charge in [0.15, 0.2) is 5.82 Å². The van der Waals surface area contributed by atoms with Gasteiger partial charge in [0, 0.05) is 15.6 Å². The number of hydrogen-bond donors (Lipinski definition) is 1. The molecule has 0 aliphatic carbocycles. The van der Waals surface area contributed by atoms with Crippen LogP contribution in [0.15, 0.2) is 40.9 Å². The molecule has 0 bridgehead atoms. The number of para-hydroxylation sites is 1. The first-order valence-electron chi connectivity index (χ1n) is 4.53. The maximum Gasteiger partial charge on any atom is 0.150 e. The van der Waals surface area contributed by atoms with Crippen molar-refractivity contribution < 1.29 is 9.50 Å². The molecule has 1 nitrogen and oxygen atoms in total. The Morgan fingerprint density at radius 3 is 2.50 bits per heavy atom. The molecule has 0 saturated carbocycles. The number of rotatable bonds is 1. The second-order valence-corrected chi connectivity index (χ2v) is 4.50. The summed E-state index contributed by atoms with van der Waals surface area (Å²) in [6, 6.07) is 9.64. The van der Waals surface area contributed by atoms with E-state index >= 15 is 0 Å². The second kappa shape index (κ2) is 4.44. The number of halogens is 3. The molecule has 0 aromatic heterocycles. The fourth-order valence-corrected chi connectivity index (χ4v) is 2.14. The van der Waals surface area contributed by atoms with Crippen LogP contribution in [0.3, 0.4) is 0 Å². The zero-order valence-electron chi connectivity index (χ0n) is 8.05. The van der Waals surface area contributed by atoms with Crippen LogP contribution in [0.4, 0.5) is 4.39 Å². The summed E-state index contributed by atoms with van der Waals surface area (Å²) in [6.45, 7) is 0. The molecule has 0 aliphatic rings. The summed E-state index contributed by atoms with van der Waals surface area (Å²) in [5.74, 6) is -0.526. The summed E-state index contributed by atoms with van der Waals surface area (Å²) in [5, 5.41) is 9.70. The number of aromatic hydroxyl groups is 1. The minimum Gasteiger partial charge on any atom is -0.507 e. The Bertz CT molecular complexity index is 543. The van der Waals surface area contributed by atoms with Crippen molar-refractivity contribution in [2.45, 2.75) is 0 Å². The van der Waals surface area contributed by atoms with Crippen LogP contribution in [0.1, 0.15) is 0 Å². The van der Waals surface area contributed by atoms with Gasteiger partial charge in [0.1, 0.15) is 5.75 Å². The smallest absolute Gasteiger partial charge is 0.150 e. The lowest BCUT2D eigenvalue weighted by Crippen LogP contribution is -1.88. The third kappa shape index (κ3) is 1.93. The van der Waals surface area contributed by atoms with Crippen LogP contribution in [0.5, 0.6) is 5.75 Å². The van der Waals surface area contributed by atoms with Crippen LogP contribution < -0.4 is 0 Å². The molecule has 4 heteroatoms. The fraction of sp³-hybridized carbons (Fsp3) is 0. The lowest BCUT2D eigenvalue weighted by atomic mass is 10.0. The molecule has 0 aliphatic heterocycles. The SMILES string of the molecule is Oc1ccccc1-c1c(Br)ccc(Cl)c1F. The fourth-order valence-electron chi connectivity index (χ4n) is 1.46. The van der Waals surface area contributed by atoms with Crippen molar-refractivity contribution in [3.05, 3.63) is 51.7 Å². The third-order valence-electron chi connectivity index (χ3n) is 2.22. The molecule has 2 rings (SSSR count). The maximum atomic E-state index is 13.9. The first kappa shape index (κ1) is 11.4. The van der Waals surface area contributed by atoms with Gasteiger partial charge in [-0.05, 0) is 18.2 Å². The molecule has 0 atom stereocenters. The van der Waals surface area contributed by atoms with Gasteiger partial charge in [0.05, 0.1) is 5.02 Å². The summed E-state index contributed by atoms with van der Waals surface area (Å²) in [5.41, 5.74) is 0.681. The number of phenols is 1. The molecule has 2 aromatic carbocycles. The van der Waals surface area contributed by atoms with Gasteiger partial charge in [-0.15, -0.1) is 0 Å². The Hall–Kier alpha value is -1.06. The summed E-state index contributed by atoms with van der Waals surface area (Å²) >= 11 is 8.95. The first-order chi connectivity index (χ1) is 7.61. The van der Waals surface area contributed by atoms with Crippen molar-refractivity contribution in [3.63, 3.8) is 0 Å². The summed E-state index contributed by atoms with van der Waals surface area (Å²) in [4.78, 5) is 0. The van der Waals surface area contributed by atoms with Crippen molar-refractivity contribution in [2.24, 2.45) is 0 Å². The van der Waals surface area contributed by atoms with Gasteiger partial charge in [0.2, 0.25) is 0 Å². The Morgan fingerprint density at radius 2 is 1.81 bits per heavy atom. The molecule has 0 saturated heterocycles. The van der Waals surface area contributed by atoms with Gasteiger partial charge in [-0.1, -0.05) is 45.7 Å². The highest BCUT2D eigenvalue weighted by atomic mass is 79.9.